The lowest BCUT2D eigenvalue weighted by Gasteiger charge is -2.31. The Hall–Kier alpha value is -0.0900. The van der Waals surface area contributed by atoms with E-state index in [1.165, 1.54) is 25.7 Å². The highest BCUT2D eigenvalue weighted by Gasteiger charge is 2.25. The van der Waals surface area contributed by atoms with Gasteiger partial charge in [0.25, 0.3) is 0 Å². The van der Waals surface area contributed by atoms with Gasteiger partial charge in [-0.3, -0.25) is 0 Å². The largest absolute Gasteiger partial charge is 0.314 e. The van der Waals surface area contributed by atoms with Crippen LogP contribution in [0.25, 0.3) is 0 Å². The second kappa shape index (κ2) is 5.70. The molecule has 3 nitrogen and oxygen atoms in total. The molecule has 2 unspecified atom stereocenters. The minimum atomic E-state index is -2.71. The number of nitrogens with one attached hydrogen (secondary N) is 1. The molecule has 1 saturated carbocycles. The zero-order valence-corrected chi connectivity index (χ0v) is 11.6. The second-order valence-electron chi connectivity index (χ2n) is 5.86. The van der Waals surface area contributed by atoms with Gasteiger partial charge in [-0.2, -0.15) is 0 Å². The molecular formula is C13H25NO2S. The van der Waals surface area contributed by atoms with Crippen molar-refractivity contribution in [2.45, 2.75) is 51.5 Å². The Morgan fingerprint density at radius 1 is 1.06 bits per heavy atom. The minimum absolute atomic E-state index is 0.380. The van der Waals surface area contributed by atoms with Crippen molar-refractivity contribution < 1.29 is 8.42 Å². The molecule has 1 aliphatic heterocycles. The molecule has 0 spiro atoms. The molecular weight excluding hydrogens is 234 g/mol. The smallest absolute Gasteiger partial charge is 0.150 e. The van der Waals surface area contributed by atoms with Crippen LogP contribution in [0.4, 0.5) is 0 Å². The van der Waals surface area contributed by atoms with E-state index < -0.39 is 9.84 Å². The number of rotatable bonds is 3. The van der Waals surface area contributed by atoms with Crippen LogP contribution < -0.4 is 5.32 Å². The molecule has 4 heteroatoms. The molecule has 0 amide bonds. The highest BCUT2D eigenvalue weighted by molar-refractivity contribution is 7.91. The van der Waals surface area contributed by atoms with E-state index in [0.717, 1.165) is 31.2 Å². The topological polar surface area (TPSA) is 46.2 Å². The molecule has 2 rings (SSSR count). The summed E-state index contributed by atoms with van der Waals surface area (Å²) in [5, 5.41) is 3.60. The lowest BCUT2D eigenvalue weighted by Crippen LogP contribution is -2.41. The highest BCUT2D eigenvalue weighted by atomic mass is 32.2. The van der Waals surface area contributed by atoms with E-state index >= 15 is 0 Å². The van der Waals surface area contributed by atoms with Crippen molar-refractivity contribution in [3.05, 3.63) is 0 Å². The van der Waals surface area contributed by atoms with E-state index in [0.29, 0.717) is 17.5 Å². The van der Waals surface area contributed by atoms with E-state index in [1.54, 1.807) is 0 Å². The fourth-order valence-corrected chi connectivity index (χ4v) is 4.60. The summed E-state index contributed by atoms with van der Waals surface area (Å²) in [5.41, 5.74) is 0. The Labute approximate surface area is 105 Å². The van der Waals surface area contributed by atoms with Gasteiger partial charge in [0.05, 0.1) is 11.5 Å². The van der Waals surface area contributed by atoms with E-state index in [4.69, 9.17) is 0 Å². The van der Waals surface area contributed by atoms with Gasteiger partial charge >= 0.3 is 0 Å². The van der Waals surface area contributed by atoms with Gasteiger partial charge in [0.15, 0.2) is 0 Å². The normalized spacial score (nSPS) is 34.6. The Kier molecular flexibility index (Phi) is 4.47. The van der Waals surface area contributed by atoms with E-state index in [9.17, 15) is 8.42 Å². The van der Waals surface area contributed by atoms with Crippen LogP contribution in [-0.2, 0) is 9.84 Å². The first kappa shape index (κ1) is 13.3. The van der Waals surface area contributed by atoms with Crippen molar-refractivity contribution in [1.82, 2.24) is 5.32 Å². The van der Waals surface area contributed by atoms with Crippen LogP contribution in [0.1, 0.15) is 45.4 Å². The predicted molar refractivity (Wildman–Crippen MR) is 70.8 cm³/mol. The van der Waals surface area contributed by atoms with Crippen molar-refractivity contribution >= 4 is 9.84 Å². The van der Waals surface area contributed by atoms with Gasteiger partial charge in [-0.25, -0.2) is 8.42 Å². The maximum Gasteiger partial charge on any atom is 0.150 e. The lowest BCUT2D eigenvalue weighted by atomic mass is 9.80. The number of hydrogen-bond acceptors (Lipinski definition) is 3. The Bertz CT molecular complexity index is 325. The predicted octanol–water partition coefficient (Wildman–Crippen LogP) is 1.98. The summed E-state index contributed by atoms with van der Waals surface area (Å²) >= 11 is 0. The molecule has 100 valence electrons. The summed E-state index contributed by atoms with van der Waals surface area (Å²) in [5.74, 6) is 2.40. The molecule has 1 saturated heterocycles. The summed E-state index contributed by atoms with van der Waals surface area (Å²) in [4.78, 5) is 0. The molecule has 0 aromatic heterocycles. The van der Waals surface area contributed by atoms with E-state index in [2.05, 4.69) is 12.2 Å². The number of hydrogen-bond donors (Lipinski definition) is 1. The molecule has 1 heterocycles. The second-order valence-corrected chi connectivity index (χ2v) is 8.16. The first-order chi connectivity index (χ1) is 8.07. The van der Waals surface area contributed by atoms with Crippen LogP contribution in [-0.4, -0.2) is 32.5 Å². The summed E-state index contributed by atoms with van der Waals surface area (Å²) in [6.07, 6.45) is 7.09. The Morgan fingerprint density at radius 2 is 1.71 bits per heavy atom. The fraction of sp³-hybridized carbons (Fsp3) is 1.00. The molecule has 2 atom stereocenters. The minimum Gasteiger partial charge on any atom is -0.314 e. The van der Waals surface area contributed by atoms with Crippen molar-refractivity contribution in [2.75, 3.05) is 18.1 Å². The third-order valence-electron chi connectivity index (χ3n) is 4.51. The monoisotopic (exact) mass is 259 g/mol. The molecule has 0 radical (unpaired) electrons. The SMILES string of the molecule is CC1CCCCC1CNC1CCS(=O)(=O)CC1. The van der Waals surface area contributed by atoms with E-state index in [1.807, 2.05) is 0 Å². The first-order valence-electron chi connectivity index (χ1n) is 7.00. The zero-order valence-electron chi connectivity index (χ0n) is 10.8. The fourth-order valence-electron chi connectivity index (χ4n) is 3.11. The highest BCUT2D eigenvalue weighted by Crippen LogP contribution is 2.29. The summed E-state index contributed by atoms with van der Waals surface area (Å²) in [6.45, 7) is 3.45. The van der Waals surface area contributed by atoms with Crippen LogP contribution in [0, 0.1) is 11.8 Å². The maximum absolute atomic E-state index is 11.3. The van der Waals surface area contributed by atoms with Gasteiger partial charge in [0.1, 0.15) is 9.84 Å². The molecule has 0 aromatic carbocycles. The van der Waals surface area contributed by atoms with Crippen LogP contribution in [0.2, 0.25) is 0 Å². The van der Waals surface area contributed by atoms with Gasteiger partial charge in [-0.05, 0) is 37.6 Å². The van der Waals surface area contributed by atoms with Crippen molar-refractivity contribution in [3.8, 4) is 0 Å². The summed E-state index contributed by atoms with van der Waals surface area (Å²) in [6, 6.07) is 0.438. The lowest BCUT2D eigenvalue weighted by molar-refractivity contribution is 0.238. The molecule has 0 bridgehead atoms. The van der Waals surface area contributed by atoms with Crippen LogP contribution in [0.5, 0.6) is 0 Å². The molecule has 1 N–H and O–H groups in total. The first-order valence-corrected chi connectivity index (χ1v) is 8.83. The molecule has 0 aromatic rings. The molecule has 2 aliphatic rings. The van der Waals surface area contributed by atoms with Gasteiger partial charge < -0.3 is 5.32 Å². The molecule has 1 aliphatic carbocycles. The average molecular weight is 259 g/mol. The van der Waals surface area contributed by atoms with Crippen LogP contribution in [0.3, 0.4) is 0 Å². The number of sulfone groups is 1. The van der Waals surface area contributed by atoms with Crippen molar-refractivity contribution in [3.63, 3.8) is 0 Å². The molecule has 2 fully saturated rings. The quantitative estimate of drug-likeness (QED) is 0.843. The molecule has 17 heavy (non-hydrogen) atoms. The average Bonchev–Trinajstić information content (AvgIpc) is 2.30. The van der Waals surface area contributed by atoms with Crippen molar-refractivity contribution in [2.24, 2.45) is 11.8 Å². The Morgan fingerprint density at radius 3 is 2.35 bits per heavy atom. The Balaban J connectivity index is 1.72. The van der Waals surface area contributed by atoms with Gasteiger partial charge in [-0.15, -0.1) is 0 Å². The zero-order chi connectivity index (χ0) is 12.3. The van der Waals surface area contributed by atoms with Gasteiger partial charge in [0.2, 0.25) is 0 Å². The third-order valence-corrected chi connectivity index (χ3v) is 6.23. The maximum atomic E-state index is 11.3. The van der Waals surface area contributed by atoms with Crippen molar-refractivity contribution in [1.29, 1.82) is 0 Å². The van der Waals surface area contributed by atoms with Crippen LogP contribution >= 0.6 is 0 Å². The summed E-state index contributed by atoms with van der Waals surface area (Å²) < 4.78 is 22.7. The summed E-state index contributed by atoms with van der Waals surface area (Å²) in [7, 11) is -2.71. The van der Waals surface area contributed by atoms with Crippen LogP contribution in [0.15, 0.2) is 0 Å². The van der Waals surface area contributed by atoms with Gasteiger partial charge in [0, 0.05) is 6.04 Å². The van der Waals surface area contributed by atoms with E-state index in [-0.39, 0.29) is 0 Å². The third kappa shape index (κ3) is 3.95. The standard InChI is InChI=1S/C13H25NO2S/c1-11-4-2-3-5-12(11)10-14-13-6-8-17(15,16)9-7-13/h11-14H,2-10H2,1H3. The van der Waals surface area contributed by atoms with Gasteiger partial charge in [-0.1, -0.05) is 26.2 Å².